The highest BCUT2D eigenvalue weighted by Gasteiger charge is 2.17. The number of non-ortho nitro benzene ring substituents is 2. The topological polar surface area (TPSA) is 195 Å². The second-order valence-electron chi connectivity index (χ2n) is 5.36. The van der Waals surface area contributed by atoms with Crippen LogP contribution < -0.4 is 0 Å². The zero-order valence-electron chi connectivity index (χ0n) is 14.3. The van der Waals surface area contributed by atoms with Crippen LogP contribution in [0.2, 0.25) is 0 Å². The minimum absolute atomic E-state index is 0.140. The van der Waals surface area contributed by atoms with Crippen molar-refractivity contribution in [3.63, 3.8) is 0 Å². The highest BCUT2D eigenvalue weighted by molar-refractivity contribution is 7.86. The van der Waals surface area contributed by atoms with Crippen LogP contribution in [0, 0.1) is 34.1 Å². The Morgan fingerprint density at radius 1 is 0.714 bits per heavy atom. The summed E-state index contributed by atoms with van der Waals surface area (Å²) in [6.07, 6.45) is 0. The first-order valence-corrected chi connectivity index (χ1v) is 9.97. The van der Waals surface area contributed by atoms with Gasteiger partial charge in [0.2, 0.25) is 0 Å². The largest absolute Gasteiger partial charge is 0.295 e. The van der Waals surface area contributed by atoms with E-state index in [4.69, 9.17) is 9.11 Å². The molecular formula is C14H14N2O10S2. The molecule has 0 aliphatic carbocycles. The van der Waals surface area contributed by atoms with Crippen LogP contribution in [0.4, 0.5) is 11.4 Å². The lowest BCUT2D eigenvalue weighted by molar-refractivity contribution is -0.385. The van der Waals surface area contributed by atoms with Crippen molar-refractivity contribution in [3.8, 4) is 0 Å². The van der Waals surface area contributed by atoms with E-state index in [0.29, 0.717) is 0 Å². The molecule has 0 heterocycles. The molecule has 0 bridgehead atoms. The maximum Gasteiger partial charge on any atom is 0.295 e. The molecule has 152 valence electrons. The maximum atomic E-state index is 10.8. The third-order valence-corrected chi connectivity index (χ3v) is 5.32. The molecular weight excluding hydrogens is 420 g/mol. The number of hydrogen-bond acceptors (Lipinski definition) is 8. The van der Waals surface area contributed by atoms with Crippen LogP contribution in [0.1, 0.15) is 11.1 Å². The van der Waals surface area contributed by atoms with E-state index in [9.17, 15) is 37.1 Å². The van der Waals surface area contributed by atoms with Crippen molar-refractivity contribution in [2.75, 3.05) is 0 Å². The van der Waals surface area contributed by atoms with Crippen molar-refractivity contribution in [2.24, 2.45) is 0 Å². The van der Waals surface area contributed by atoms with Crippen LogP contribution in [-0.4, -0.2) is 35.8 Å². The highest BCUT2D eigenvalue weighted by Crippen LogP contribution is 2.21. The minimum atomic E-state index is -4.39. The van der Waals surface area contributed by atoms with Crippen molar-refractivity contribution in [2.45, 2.75) is 23.6 Å². The first kappa shape index (κ1) is 23.1. The van der Waals surface area contributed by atoms with Gasteiger partial charge >= 0.3 is 0 Å². The first-order valence-electron chi connectivity index (χ1n) is 7.09. The van der Waals surface area contributed by atoms with E-state index in [2.05, 4.69) is 0 Å². The van der Waals surface area contributed by atoms with Crippen molar-refractivity contribution in [1.29, 1.82) is 0 Å². The number of nitrogens with zero attached hydrogens (tertiary/aromatic N) is 2. The van der Waals surface area contributed by atoms with Crippen LogP contribution >= 0.6 is 0 Å². The molecule has 0 aliphatic heterocycles. The smallest absolute Gasteiger partial charge is 0.282 e. The third kappa shape index (κ3) is 6.05. The van der Waals surface area contributed by atoms with Gasteiger partial charge in [-0.05, 0) is 31.0 Å². The van der Waals surface area contributed by atoms with Crippen LogP contribution in [0.15, 0.2) is 46.2 Å². The van der Waals surface area contributed by atoms with Crippen LogP contribution in [-0.2, 0) is 20.2 Å². The summed E-state index contributed by atoms with van der Waals surface area (Å²) >= 11 is 0. The molecule has 0 aliphatic rings. The predicted octanol–water partition coefficient (Wildman–Crippen LogP) is 2.30. The molecule has 2 rings (SSSR count). The average molecular weight is 434 g/mol. The zero-order chi connectivity index (χ0) is 21.9. The van der Waals surface area contributed by atoms with E-state index >= 15 is 0 Å². The molecule has 0 saturated heterocycles. The monoisotopic (exact) mass is 434 g/mol. The van der Waals surface area contributed by atoms with Crippen molar-refractivity contribution in [3.05, 3.63) is 67.8 Å². The van der Waals surface area contributed by atoms with Gasteiger partial charge in [-0.2, -0.15) is 16.8 Å². The van der Waals surface area contributed by atoms with E-state index in [1.54, 1.807) is 0 Å². The molecule has 0 radical (unpaired) electrons. The van der Waals surface area contributed by atoms with Gasteiger partial charge in [0.25, 0.3) is 31.6 Å². The molecule has 0 fully saturated rings. The zero-order valence-corrected chi connectivity index (χ0v) is 16.0. The lowest BCUT2D eigenvalue weighted by Gasteiger charge is -2.00. The highest BCUT2D eigenvalue weighted by atomic mass is 32.2. The lowest BCUT2D eigenvalue weighted by atomic mass is 10.2. The fourth-order valence-electron chi connectivity index (χ4n) is 2.02. The Bertz CT molecular complexity index is 1140. The number of benzene rings is 2. The summed E-state index contributed by atoms with van der Waals surface area (Å²) < 4.78 is 60.4. The second kappa shape index (κ2) is 8.39. The van der Waals surface area contributed by atoms with Crippen molar-refractivity contribution >= 4 is 31.6 Å². The van der Waals surface area contributed by atoms with Gasteiger partial charge in [-0.25, -0.2) is 0 Å². The summed E-state index contributed by atoms with van der Waals surface area (Å²) in [5, 5.41) is 20.6. The number of aryl methyl sites for hydroxylation is 2. The summed E-state index contributed by atoms with van der Waals surface area (Å²) in [6, 6.07) is 6.37. The Kier molecular flexibility index (Phi) is 6.92. The van der Waals surface area contributed by atoms with Gasteiger partial charge in [0.05, 0.1) is 14.7 Å². The van der Waals surface area contributed by atoms with Crippen LogP contribution in [0.25, 0.3) is 0 Å². The maximum absolute atomic E-state index is 10.8. The standard InChI is InChI=1S/2C7H7NO5S/c1-5-4-6(8(9)10)2-3-7(5)14(11,12)13;1-5-2-3-6(8(9)10)4-7(5)14(11,12)13/h2*2-4H,1H3,(H,11,12,13). The molecule has 0 saturated carbocycles. The number of nitro benzene ring substituents is 2. The number of nitro groups is 2. The van der Waals surface area contributed by atoms with Gasteiger partial charge < -0.3 is 0 Å². The Labute approximate surface area is 159 Å². The molecule has 0 atom stereocenters. The number of rotatable bonds is 4. The molecule has 0 aromatic heterocycles. The number of hydrogen-bond donors (Lipinski definition) is 2. The molecule has 14 heteroatoms. The second-order valence-corrected chi connectivity index (χ2v) is 8.14. The normalized spacial score (nSPS) is 11.3. The minimum Gasteiger partial charge on any atom is -0.282 e. The Morgan fingerprint density at radius 2 is 1.14 bits per heavy atom. The Hall–Kier alpha value is -2.94. The van der Waals surface area contributed by atoms with Gasteiger partial charge in [-0.1, -0.05) is 6.07 Å². The predicted molar refractivity (Wildman–Crippen MR) is 95.3 cm³/mol. The van der Waals surface area contributed by atoms with Gasteiger partial charge in [0.1, 0.15) is 4.90 Å². The third-order valence-electron chi connectivity index (χ3n) is 3.31. The Morgan fingerprint density at radius 3 is 1.54 bits per heavy atom. The lowest BCUT2D eigenvalue weighted by Crippen LogP contribution is -2.01. The quantitative estimate of drug-likeness (QED) is 0.409. The van der Waals surface area contributed by atoms with E-state index in [1.165, 1.54) is 26.0 Å². The van der Waals surface area contributed by atoms with Crippen molar-refractivity contribution < 1.29 is 35.8 Å². The van der Waals surface area contributed by atoms with E-state index in [0.717, 1.165) is 24.3 Å². The van der Waals surface area contributed by atoms with Crippen molar-refractivity contribution in [1.82, 2.24) is 0 Å². The Balaban J connectivity index is 0.000000280. The fourth-order valence-corrected chi connectivity index (χ4v) is 3.47. The average Bonchev–Trinajstić information content (AvgIpc) is 2.53. The molecule has 0 unspecified atom stereocenters. The van der Waals surface area contributed by atoms with E-state index in [1.807, 2.05) is 0 Å². The molecule has 2 N–H and O–H groups in total. The molecule has 0 amide bonds. The van der Waals surface area contributed by atoms with Gasteiger partial charge in [0.15, 0.2) is 0 Å². The summed E-state index contributed by atoms with van der Waals surface area (Å²) in [5.74, 6) is 0. The first-order chi connectivity index (χ1) is 12.6. The summed E-state index contributed by atoms with van der Waals surface area (Å²) in [4.78, 5) is 18.5. The van der Waals surface area contributed by atoms with Gasteiger partial charge in [-0.3, -0.25) is 29.3 Å². The summed E-state index contributed by atoms with van der Waals surface area (Å²) in [7, 11) is -8.69. The van der Waals surface area contributed by atoms with E-state index in [-0.39, 0.29) is 27.4 Å². The molecule has 2 aromatic carbocycles. The molecule has 12 nitrogen and oxygen atoms in total. The van der Waals surface area contributed by atoms with E-state index < -0.39 is 35.0 Å². The van der Waals surface area contributed by atoms with Crippen LogP contribution in [0.3, 0.4) is 0 Å². The van der Waals surface area contributed by atoms with Gasteiger partial charge in [0, 0.05) is 24.3 Å². The SMILES string of the molecule is Cc1cc([N+](=O)[O-])ccc1S(=O)(=O)O.Cc1ccc([N+](=O)[O-])cc1S(=O)(=O)O. The summed E-state index contributed by atoms with van der Waals surface area (Å²) in [5.41, 5.74) is -0.182. The molecule has 2 aromatic rings. The fraction of sp³-hybridized carbons (Fsp3) is 0.143. The molecule has 0 spiro atoms. The van der Waals surface area contributed by atoms with Gasteiger partial charge in [-0.15, -0.1) is 0 Å². The van der Waals surface area contributed by atoms with Crippen LogP contribution in [0.5, 0.6) is 0 Å². The summed E-state index contributed by atoms with van der Waals surface area (Å²) in [6.45, 7) is 2.81. The molecule has 28 heavy (non-hydrogen) atoms.